The van der Waals surface area contributed by atoms with Crippen LogP contribution in [0.5, 0.6) is 0 Å². The van der Waals surface area contributed by atoms with Crippen molar-refractivity contribution in [2.45, 2.75) is 18.9 Å². The predicted molar refractivity (Wildman–Crippen MR) is 74.6 cm³/mol. The number of nitrogens with zero attached hydrogens (tertiary/aromatic N) is 1. The van der Waals surface area contributed by atoms with Crippen molar-refractivity contribution in [2.24, 2.45) is 0 Å². The average Bonchev–Trinajstić information content (AvgIpc) is 2.51. The zero-order valence-electron chi connectivity index (χ0n) is 10.9. The highest BCUT2D eigenvalue weighted by Crippen LogP contribution is 2.21. The van der Waals surface area contributed by atoms with Crippen molar-refractivity contribution in [1.82, 2.24) is 10.3 Å². The monoisotopic (exact) mass is 266 g/mol. The lowest BCUT2D eigenvalue weighted by Crippen LogP contribution is -2.43. The number of pyridine rings is 1. The van der Waals surface area contributed by atoms with Gasteiger partial charge in [0.25, 0.3) is 5.91 Å². The van der Waals surface area contributed by atoms with Gasteiger partial charge in [0.2, 0.25) is 0 Å². The Morgan fingerprint density at radius 3 is 2.70 bits per heavy atom. The van der Waals surface area contributed by atoms with Crippen LogP contribution in [0.3, 0.4) is 0 Å². The molecule has 1 N–H and O–H groups in total. The Morgan fingerprint density at radius 2 is 1.90 bits per heavy atom. The number of amides is 1. The number of aromatic nitrogens is 1. The third-order valence-electron chi connectivity index (χ3n) is 3.55. The quantitative estimate of drug-likeness (QED) is 0.904. The SMILES string of the molecule is O=C(NC1CCc2ccccc2C1=O)c1ccncc1. The van der Waals surface area contributed by atoms with E-state index in [1.165, 1.54) is 0 Å². The number of rotatable bonds is 2. The van der Waals surface area contributed by atoms with Gasteiger partial charge in [-0.15, -0.1) is 0 Å². The van der Waals surface area contributed by atoms with E-state index in [2.05, 4.69) is 10.3 Å². The third-order valence-corrected chi connectivity index (χ3v) is 3.55. The van der Waals surface area contributed by atoms with E-state index in [1.54, 1.807) is 24.5 Å². The van der Waals surface area contributed by atoms with Gasteiger partial charge in [-0.2, -0.15) is 0 Å². The molecule has 1 aliphatic rings. The van der Waals surface area contributed by atoms with Crippen molar-refractivity contribution >= 4 is 11.7 Å². The van der Waals surface area contributed by atoms with E-state index in [1.807, 2.05) is 24.3 Å². The number of ketones is 1. The largest absolute Gasteiger partial charge is 0.342 e. The summed E-state index contributed by atoms with van der Waals surface area (Å²) in [7, 11) is 0. The number of nitrogens with one attached hydrogen (secondary N) is 1. The van der Waals surface area contributed by atoms with Crippen molar-refractivity contribution in [2.75, 3.05) is 0 Å². The zero-order chi connectivity index (χ0) is 13.9. The molecule has 1 unspecified atom stereocenters. The molecule has 100 valence electrons. The number of aryl methyl sites for hydroxylation is 1. The number of fused-ring (bicyclic) bond motifs is 1. The second kappa shape index (κ2) is 5.25. The minimum absolute atomic E-state index is 0.00532. The Kier molecular flexibility index (Phi) is 3.29. The number of benzene rings is 1. The fourth-order valence-electron chi connectivity index (χ4n) is 2.48. The van der Waals surface area contributed by atoms with Crippen molar-refractivity contribution in [3.63, 3.8) is 0 Å². The van der Waals surface area contributed by atoms with Gasteiger partial charge in [-0.3, -0.25) is 14.6 Å². The van der Waals surface area contributed by atoms with Gasteiger partial charge in [-0.25, -0.2) is 0 Å². The maximum atomic E-state index is 12.4. The first-order valence-electron chi connectivity index (χ1n) is 6.59. The first-order valence-corrected chi connectivity index (χ1v) is 6.59. The Hall–Kier alpha value is -2.49. The molecular formula is C16H14N2O2. The van der Waals surface area contributed by atoms with Gasteiger partial charge in [0.05, 0.1) is 6.04 Å². The maximum absolute atomic E-state index is 12.4. The summed E-state index contributed by atoms with van der Waals surface area (Å²) in [6.45, 7) is 0. The van der Waals surface area contributed by atoms with Crippen LogP contribution in [0.1, 0.15) is 32.7 Å². The predicted octanol–water partition coefficient (Wildman–Crippen LogP) is 2.01. The van der Waals surface area contributed by atoms with Crippen LogP contribution in [0, 0.1) is 0 Å². The first-order chi connectivity index (χ1) is 9.75. The Bertz CT molecular complexity index is 653. The van der Waals surface area contributed by atoms with E-state index in [-0.39, 0.29) is 11.7 Å². The van der Waals surface area contributed by atoms with Gasteiger partial charge >= 0.3 is 0 Å². The number of hydrogen-bond acceptors (Lipinski definition) is 3. The molecule has 1 heterocycles. The van der Waals surface area contributed by atoms with Crippen LogP contribution in [0.2, 0.25) is 0 Å². The Morgan fingerprint density at radius 1 is 1.15 bits per heavy atom. The van der Waals surface area contributed by atoms with E-state index < -0.39 is 6.04 Å². The third kappa shape index (κ3) is 2.32. The number of carbonyl (C=O) groups is 2. The van der Waals surface area contributed by atoms with E-state index in [4.69, 9.17) is 0 Å². The molecule has 0 spiro atoms. The van der Waals surface area contributed by atoms with Gasteiger partial charge in [-0.1, -0.05) is 24.3 Å². The molecule has 0 aliphatic heterocycles. The molecule has 3 rings (SSSR count). The van der Waals surface area contributed by atoms with Crippen LogP contribution in [0.4, 0.5) is 0 Å². The highest BCUT2D eigenvalue weighted by molar-refractivity contribution is 6.05. The van der Waals surface area contributed by atoms with Gasteiger partial charge in [0.1, 0.15) is 0 Å². The molecule has 1 aliphatic carbocycles. The van der Waals surface area contributed by atoms with Crippen molar-refractivity contribution in [1.29, 1.82) is 0 Å². The van der Waals surface area contributed by atoms with Gasteiger partial charge in [0, 0.05) is 23.5 Å². The van der Waals surface area contributed by atoms with Crippen molar-refractivity contribution in [3.8, 4) is 0 Å². The van der Waals surface area contributed by atoms with E-state index >= 15 is 0 Å². The molecule has 0 bridgehead atoms. The summed E-state index contributed by atoms with van der Waals surface area (Å²) >= 11 is 0. The normalized spacial score (nSPS) is 17.4. The standard InChI is InChI=1S/C16H14N2O2/c19-15-13-4-2-1-3-11(13)5-6-14(15)18-16(20)12-7-9-17-10-8-12/h1-4,7-10,14H,5-6H2,(H,18,20). The maximum Gasteiger partial charge on any atom is 0.251 e. The molecular weight excluding hydrogens is 252 g/mol. The highest BCUT2D eigenvalue weighted by atomic mass is 16.2. The fraction of sp³-hybridized carbons (Fsp3) is 0.188. The molecule has 1 atom stereocenters. The van der Waals surface area contributed by atoms with Crippen LogP contribution in [-0.4, -0.2) is 22.7 Å². The summed E-state index contributed by atoms with van der Waals surface area (Å²) in [5, 5.41) is 2.81. The van der Waals surface area contributed by atoms with Gasteiger partial charge < -0.3 is 5.32 Å². The molecule has 0 saturated carbocycles. The Labute approximate surface area is 116 Å². The van der Waals surface area contributed by atoms with Crippen molar-refractivity contribution < 1.29 is 9.59 Å². The summed E-state index contributed by atoms with van der Waals surface area (Å²) in [4.78, 5) is 28.3. The zero-order valence-corrected chi connectivity index (χ0v) is 10.9. The second-order valence-electron chi connectivity index (χ2n) is 4.82. The number of carbonyl (C=O) groups excluding carboxylic acids is 2. The molecule has 1 aromatic heterocycles. The molecule has 2 aromatic rings. The van der Waals surface area contributed by atoms with Gasteiger partial charge in [-0.05, 0) is 30.5 Å². The lowest BCUT2D eigenvalue weighted by atomic mass is 9.87. The summed E-state index contributed by atoms with van der Waals surface area (Å²) in [6, 6.07) is 10.4. The lowest BCUT2D eigenvalue weighted by Gasteiger charge is -2.24. The van der Waals surface area contributed by atoms with Gasteiger partial charge in [0.15, 0.2) is 5.78 Å². The summed E-state index contributed by atoms with van der Waals surface area (Å²) in [5.41, 5.74) is 2.30. The summed E-state index contributed by atoms with van der Waals surface area (Å²) in [6.07, 6.45) is 4.58. The molecule has 4 heteroatoms. The van der Waals surface area contributed by atoms with Crippen LogP contribution in [-0.2, 0) is 6.42 Å². The molecule has 1 aromatic carbocycles. The minimum atomic E-state index is -0.439. The molecule has 4 nitrogen and oxygen atoms in total. The van der Waals surface area contributed by atoms with E-state index in [9.17, 15) is 9.59 Å². The highest BCUT2D eigenvalue weighted by Gasteiger charge is 2.28. The second-order valence-corrected chi connectivity index (χ2v) is 4.82. The molecule has 20 heavy (non-hydrogen) atoms. The summed E-state index contributed by atoms with van der Waals surface area (Å²) in [5.74, 6) is -0.237. The smallest absolute Gasteiger partial charge is 0.251 e. The van der Waals surface area contributed by atoms with E-state index in [0.29, 0.717) is 12.0 Å². The van der Waals surface area contributed by atoms with Crippen LogP contribution in [0.15, 0.2) is 48.8 Å². The first kappa shape index (κ1) is 12.5. The van der Waals surface area contributed by atoms with E-state index in [0.717, 1.165) is 17.5 Å². The number of hydrogen-bond donors (Lipinski definition) is 1. The topological polar surface area (TPSA) is 59.1 Å². The molecule has 0 radical (unpaired) electrons. The summed E-state index contributed by atoms with van der Waals surface area (Å²) < 4.78 is 0. The molecule has 1 amide bonds. The van der Waals surface area contributed by atoms with Crippen LogP contribution < -0.4 is 5.32 Å². The van der Waals surface area contributed by atoms with Crippen LogP contribution in [0.25, 0.3) is 0 Å². The lowest BCUT2D eigenvalue weighted by molar-refractivity contribution is 0.0845. The number of Topliss-reactive ketones (excluding diaryl/α,β-unsaturated/α-hetero) is 1. The van der Waals surface area contributed by atoms with Crippen LogP contribution >= 0.6 is 0 Å². The molecule has 0 fully saturated rings. The minimum Gasteiger partial charge on any atom is -0.342 e. The molecule has 0 saturated heterocycles. The van der Waals surface area contributed by atoms with Crippen molar-refractivity contribution in [3.05, 3.63) is 65.5 Å². The Balaban J connectivity index is 1.77. The average molecular weight is 266 g/mol. The fourth-order valence-corrected chi connectivity index (χ4v) is 2.48.